The summed E-state index contributed by atoms with van der Waals surface area (Å²) in [7, 11) is -1.45. The molecule has 0 aromatic rings. The lowest BCUT2D eigenvalue weighted by molar-refractivity contribution is 0.181. The van der Waals surface area contributed by atoms with E-state index in [4.69, 9.17) is 16.0 Å². The molecule has 0 spiro atoms. The van der Waals surface area contributed by atoms with Crippen molar-refractivity contribution in [1.82, 2.24) is 0 Å². The van der Waals surface area contributed by atoms with Gasteiger partial charge in [0.1, 0.15) is 0 Å². The minimum absolute atomic E-state index is 0.382. The van der Waals surface area contributed by atoms with E-state index < -0.39 is 8.32 Å². The topological polar surface area (TPSA) is 9.23 Å². The normalized spacial score (nSPS) is 14.8. The maximum atomic E-state index is 6.19. The largest absolute Gasteiger partial charge is 0.414 e. The van der Waals surface area contributed by atoms with Crippen molar-refractivity contribution < 1.29 is 4.43 Å². The van der Waals surface area contributed by atoms with Crippen LogP contribution in [-0.2, 0) is 4.43 Å². The van der Waals surface area contributed by atoms with E-state index in [1.54, 1.807) is 0 Å². The summed E-state index contributed by atoms with van der Waals surface area (Å²) in [6.07, 6.45) is 2.46. The van der Waals surface area contributed by atoms with Crippen molar-refractivity contribution >= 4 is 19.9 Å². The standard InChI is InChI=1S/C11H25ClOSi/c1-6-11(7-8-12)13-14(4,5)9-10(2)3/h10-11H,6-9H2,1-5H3. The Morgan fingerprint density at radius 1 is 1.29 bits per heavy atom. The molecule has 0 rings (SSSR count). The van der Waals surface area contributed by atoms with Crippen molar-refractivity contribution in [3.8, 4) is 0 Å². The average molecular weight is 237 g/mol. The summed E-state index contributed by atoms with van der Waals surface area (Å²) in [5.74, 6) is 1.45. The van der Waals surface area contributed by atoms with Gasteiger partial charge in [0.15, 0.2) is 8.32 Å². The Morgan fingerprint density at radius 2 is 1.86 bits per heavy atom. The van der Waals surface area contributed by atoms with Crippen molar-refractivity contribution in [3.63, 3.8) is 0 Å². The Bertz CT molecular complexity index is 148. The van der Waals surface area contributed by atoms with Gasteiger partial charge in [0, 0.05) is 12.0 Å². The van der Waals surface area contributed by atoms with E-state index in [9.17, 15) is 0 Å². The molecule has 3 heteroatoms. The average Bonchev–Trinajstić information content (AvgIpc) is 2.00. The maximum Gasteiger partial charge on any atom is 0.187 e. The molecular weight excluding hydrogens is 212 g/mol. The van der Waals surface area contributed by atoms with E-state index >= 15 is 0 Å². The first kappa shape index (κ1) is 14.5. The van der Waals surface area contributed by atoms with E-state index in [2.05, 4.69) is 33.9 Å². The van der Waals surface area contributed by atoms with Gasteiger partial charge in [-0.3, -0.25) is 0 Å². The second-order valence-corrected chi connectivity index (χ2v) is 9.52. The third-order valence-corrected chi connectivity index (χ3v) is 5.26. The summed E-state index contributed by atoms with van der Waals surface area (Å²) in [5, 5.41) is 0. The maximum absolute atomic E-state index is 6.19. The Balaban J connectivity index is 4.02. The van der Waals surface area contributed by atoms with E-state index in [1.165, 1.54) is 6.04 Å². The Kier molecular flexibility index (Phi) is 7.09. The van der Waals surface area contributed by atoms with Crippen LogP contribution in [0.15, 0.2) is 0 Å². The van der Waals surface area contributed by atoms with E-state index in [1.807, 2.05) is 0 Å². The minimum Gasteiger partial charge on any atom is -0.414 e. The van der Waals surface area contributed by atoms with E-state index in [0.717, 1.165) is 18.8 Å². The predicted molar refractivity (Wildman–Crippen MR) is 67.6 cm³/mol. The van der Waals surface area contributed by atoms with Gasteiger partial charge in [-0.15, -0.1) is 11.6 Å². The fourth-order valence-electron chi connectivity index (χ4n) is 1.95. The SMILES string of the molecule is CCC(CCCl)O[Si](C)(C)CC(C)C. The van der Waals surface area contributed by atoms with Crippen LogP contribution in [-0.4, -0.2) is 20.3 Å². The van der Waals surface area contributed by atoms with Gasteiger partial charge in [-0.2, -0.15) is 0 Å². The van der Waals surface area contributed by atoms with Crippen molar-refractivity contribution in [2.24, 2.45) is 5.92 Å². The van der Waals surface area contributed by atoms with Crippen LogP contribution in [0.1, 0.15) is 33.6 Å². The zero-order valence-electron chi connectivity index (χ0n) is 10.3. The molecule has 0 aromatic heterocycles. The van der Waals surface area contributed by atoms with Gasteiger partial charge in [0.05, 0.1) is 0 Å². The van der Waals surface area contributed by atoms with Gasteiger partial charge in [0.25, 0.3) is 0 Å². The molecule has 0 fully saturated rings. The summed E-state index contributed by atoms with van der Waals surface area (Å²) < 4.78 is 6.19. The second-order valence-electron chi connectivity index (χ2n) is 4.98. The van der Waals surface area contributed by atoms with Gasteiger partial charge in [-0.05, 0) is 37.9 Å². The van der Waals surface area contributed by atoms with Crippen molar-refractivity contribution in [1.29, 1.82) is 0 Å². The molecule has 0 bridgehead atoms. The molecule has 0 radical (unpaired) electrons. The number of halogens is 1. The summed E-state index contributed by atoms with van der Waals surface area (Å²) in [6, 6.07) is 1.24. The van der Waals surface area contributed by atoms with Gasteiger partial charge in [-0.1, -0.05) is 20.8 Å². The lowest BCUT2D eigenvalue weighted by Crippen LogP contribution is -2.36. The summed E-state index contributed by atoms with van der Waals surface area (Å²) in [6.45, 7) is 11.3. The third-order valence-electron chi connectivity index (χ3n) is 2.27. The van der Waals surface area contributed by atoms with E-state index in [0.29, 0.717) is 12.0 Å². The first-order valence-electron chi connectivity index (χ1n) is 5.65. The highest BCUT2D eigenvalue weighted by atomic mass is 35.5. The van der Waals surface area contributed by atoms with Crippen molar-refractivity contribution in [3.05, 3.63) is 0 Å². The molecule has 1 atom stereocenters. The smallest absolute Gasteiger partial charge is 0.187 e. The highest BCUT2D eigenvalue weighted by Crippen LogP contribution is 2.21. The molecule has 14 heavy (non-hydrogen) atoms. The lowest BCUT2D eigenvalue weighted by atomic mass is 10.2. The van der Waals surface area contributed by atoms with Gasteiger partial charge >= 0.3 is 0 Å². The summed E-state index contributed by atoms with van der Waals surface area (Å²) >= 11 is 5.75. The molecule has 86 valence electrons. The predicted octanol–water partition coefficient (Wildman–Crippen LogP) is 4.27. The molecule has 0 aliphatic rings. The highest BCUT2D eigenvalue weighted by molar-refractivity contribution is 6.71. The molecule has 0 aliphatic carbocycles. The molecule has 0 heterocycles. The van der Waals surface area contributed by atoms with Gasteiger partial charge in [0.2, 0.25) is 0 Å². The molecule has 1 unspecified atom stereocenters. The van der Waals surface area contributed by atoms with Crippen LogP contribution in [0.3, 0.4) is 0 Å². The summed E-state index contributed by atoms with van der Waals surface area (Å²) in [4.78, 5) is 0. The molecular formula is C11H25ClOSi. The van der Waals surface area contributed by atoms with Crippen LogP contribution in [0.25, 0.3) is 0 Å². The Morgan fingerprint density at radius 3 is 2.21 bits per heavy atom. The number of rotatable bonds is 7. The van der Waals surface area contributed by atoms with Gasteiger partial charge < -0.3 is 4.43 Å². The molecule has 0 saturated carbocycles. The Labute approximate surface area is 95.3 Å². The fourth-order valence-corrected chi connectivity index (χ4v) is 5.44. The minimum atomic E-state index is -1.45. The zero-order chi connectivity index (χ0) is 11.2. The van der Waals surface area contributed by atoms with Crippen LogP contribution in [0.5, 0.6) is 0 Å². The molecule has 0 N–H and O–H groups in total. The van der Waals surface area contributed by atoms with E-state index in [-0.39, 0.29) is 0 Å². The van der Waals surface area contributed by atoms with Gasteiger partial charge in [-0.25, -0.2) is 0 Å². The van der Waals surface area contributed by atoms with Crippen LogP contribution in [0.2, 0.25) is 19.1 Å². The monoisotopic (exact) mass is 236 g/mol. The number of hydrogen-bond acceptors (Lipinski definition) is 1. The van der Waals surface area contributed by atoms with Crippen LogP contribution < -0.4 is 0 Å². The lowest BCUT2D eigenvalue weighted by Gasteiger charge is -2.30. The summed E-state index contributed by atoms with van der Waals surface area (Å²) in [5.41, 5.74) is 0. The first-order chi connectivity index (χ1) is 6.41. The molecule has 0 aliphatic heterocycles. The van der Waals surface area contributed by atoms with Crippen LogP contribution in [0.4, 0.5) is 0 Å². The molecule has 0 amide bonds. The highest BCUT2D eigenvalue weighted by Gasteiger charge is 2.26. The fraction of sp³-hybridized carbons (Fsp3) is 1.00. The quantitative estimate of drug-likeness (QED) is 0.474. The third kappa shape index (κ3) is 6.85. The molecule has 0 saturated heterocycles. The van der Waals surface area contributed by atoms with Crippen molar-refractivity contribution in [2.75, 3.05) is 5.88 Å². The molecule has 0 aromatic carbocycles. The first-order valence-corrected chi connectivity index (χ1v) is 9.30. The van der Waals surface area contributed by atoms with Crippen LogP contribution >= 0.6 is 11.6 Å². The molecule has 1 nitrogen and oxygen atoms in total. The number of alkyl halides is 1. The zero-order valence-corrected chi connectivity index (χ0v) is 12.0. The Hall–Kier alpha value is 0.467. The second kappa shape index (κ2) is 6.86. The number of hydrogen-bond donors (Lipinski definition) is 0. The van der Waals surface area contributed by atoms with Crippen molar-refractivity contribution in [2.45, 2.75) is 58.9 Å². The van der Waals surface area contributed by atoms with Crippen LogP contribution in [0, 0.1) is 5.92 Å².